The van der Waals surface area contributed by atoms with Gasteiger partial charge in [0.2, 0.25) is 0 Å². The first-order chi connectivity index (χ1) is 8.74. The van der Waals surface area contributed by atoms with Gasteiger partial charge in [0.25, 0.3) is 0 Å². The van der Waals surface area contributed by atoms with E-state index in [4.69, 9.17) is 4.74 Å². The summed E-state index contributed by atoms with van der Waals surface area (Å²) in [4.78, 5) is 21.1. The molecule has 0 heterocycles. The number of hydrogen-bond acceptors (Lipinski definition) is 4. The van der Waals surface area contributed by atoms with Gasteiger partial charge < -0.3 is 4.74 Å². The molecule has 0 amide bonds. The van der Waals surface area contributed by atoms with Crippen LogP contribution in [-0.4, -0.2) is 6.29 Å². The van der Waals surface area contributed by atoms with Crippen LogP contribution in [0.1, 0.15) is 10.4 Å². The predicted molar refractivity (Wildman–Crippen MR) is 63.8 cm³/mol. The van der Waals surface area contributed by atoms with Crippen LogP contribution in [0, 0.1) is 10.7 Å². The van der Waals surface area contributed by atoms with Crippen LogP contribution < -0.4 is 4.74 Å². The number of nitrogens with zero attached hydrogens (tertiary/aromatic N) is 1. The molecule has 0 aliphatic carbocycles. The predicted octanol–water partition coefficient (Wildman–Crippen LogP) is 3.83. The standard InChI is InChI=1S/C13H8FNO3/c14-11-7-12(15-17)9(8-16)6-13(11)18-10-4-2-1-3-5-10/h1-8H. The topological polar surface area (TPSA) is 55.7 Å². The van der Waals surface area contributed by atoms with Gasteiger partial charge in [0.15, 0.2) is 17.9 Å². The first kappa shape index (κ1) is 11.9. The highest BCUT2D eigenvalue weighted by Gasteiger charge is 2.11. The Morgan fingerprint density at radius 2 is 1.89 bits per heavy atom. The summed E-state index contributed by atoms with van der Waals surface area (Å²) in [5.41, 5.74) is -0.264. The molecule has 0 fully saturated rings. The maximum atomic E-state index is 13.6. The Kier molecular flexibility index (Phi) is 3.43. The molecule has 0 aliphatic rings. The molecule has 2 rings (SSSR count). The van der Waals surface area contributed by atoms with Gasteiger partial charge in [-0.25, -0.2) is 4.39 Å². The molecule has 0 spiro atoms. The van der Waals surface area contributed by atoms with Crippen molar-refractivity contribution >= 4 is 12.0 Å². The van der Waals surface area contributed by atoms with Gasteiger partial charge in [-0.05, 0) is 23.4 Å². The second-order valence-corrected chi connectivity index (χ2v) is 3.47. The van der Waals surface area contributed by atoms with Gasteiger partial charge >= 0.3 is 0 Å². The molecule has 0 aromatic heterocycles. The smallest absolute Gasteiger partial charge is 0.168 e. The largest absolute Gasteiger partial charge is 0.454 e. The number of rotatable bonds is 4. The van der Waals surface area contributed by atoms with Crippen LogP contribution in [0.5, 0.6) is 11.5 Å². The second-order valence-electron chi connectivity index (χ2n) is 3.47. The van der Waals surface area contributed by atoms with Crippen LogP contribution in [0.3, 0.4) is 0 Å². The molecule has 0 unspecified atom stereocenters. The fraction of sp³-hybridized carbons (Fsp3) is 0. The van der Waals surface area contributed by atoms with Gasteiger partial charge in [0.05, 0.1) is 0 Å². The molecular formula is C13H8FNO3. The fourth-order valence-corrected chi connectivity index (χ4v) is 1.43. The number of carbonyl (C=O) groups excluding carboxylic acids is 1. The number of carbonyl (C=O) groups is 1. The Balaban J connectivity index is 2.39. The van der Waals surface area contributed by atoms with Crippen molar-refractivity contribution in [3.05, 3.63) is 58.8 Å². The summed E-state index contributed by atoms with van der Waals surface area (Å²) in [7, 11) is 0. The molecule has 0 saturated carbocycles. The lowest BCUT2D eigenvalue weighted by Gasteiger charge is -2.07. The Morgan fingerprint density at radius 1 is 1.17 bits per heavy atom. The van der Waals surface area contributed by atoms with Crippen molar-refractivity contribution in [2.24, 2.45) is 5.18 Å². The molecule has 0 bridgehead atoms. The highest BCUT2D eigenvalue weighted by atomic mass is 19.1. The zero-order valence-electron chi connectivity index (χ0n) is 9.17. The summed E-state index contributed by atoms with van der Waals surface area (Å²) in [5, 5.41) is 2.57. The van der Waals surface area contributed by atoms with Gasteiger partial charge in [0.1, 0.15) is 11.4 Å². The van der Waals surface area contributed by atoms with Crippen LogP contribution in [0.4, 0.5) is 10.1 Å². The van der Waals surface area contributed by atoms with E-state index in [-0.39, 0.29) is 17.0 Å². The van der Waals surface area contributed by atoms with Crippen LogP contribution in [-0.2, 0) is 0 Å². The molecule has 0 N–H and O–H groups in total. The molecular weight excluding hydrogens is 237 g/mol. The third-order valence-electron chi connectivity index (χ3n) is 2.28. The number of hydrogen-bond donors (Lipinski definition) is 0. The summed E-state index contributed by atoms with van der Waals surface area (Å²) in [6.45, 7) is 0. The van der Waals surface area contributed by atoms with Crippen LogP contribution in [0.2, 0.25) is 0 Å². The Hall–Kier alpha value is -2.56. The molecule has 4 nitrogen and oxygen atoms in total. The maximum absolute atomic E-state index is 13.6. The maximum Gasteiger partial charge on any atom is 0.168 e. The first-order valence-electron chi connectivity index (χ1n) is 5.09. The lowest BCUT2D eigenvalue weighted by Crippen LogP contribution is -1.91. The van der Waals surface area contributed by atoms with Crippen molar-refractivity contribution in [2.45, 2.75) is 0 Å². The molecule has 18 heavy (non-hydrogen) atoms. The zero-order valence-corrected chi connectivity index (χ0v) is 9.17. The zero-order chi connectivity index (χ0) is 13.0. The van der Waals surface area contributed by atoms with Gasteiger partial charge in [-0.15, -0.1) is 4.91 Å². The average molecular weight is 245 g/mol. The molecule has 90 valence electrons. The number of benzene rings is 2. The van der Waals surface area contributed by atoms with Crippen molar-refractivity contribution in [3.8, 4) is 11.5 Å². The van der Waals surface area contributed by atoms with Crippen molar-refractivity contribution in [3.63, 3.8) is 0 Å². The van der Waals surface area contributed by atoms with Gasteiger partial charge in [-0.2, -0.15) is 0 Å². The minimum atomic E-state index is -0.751. The van der Waals surface area contributed by atoms with Gasteiger partial charge in [-0.1, -0.05) is 18.2 Å². The van der Waals surface area contributed by atoms with Gasteiger partial charge in [-0.3, -0.25) is 4.79 Å². The molecule has 0 aliphatic heterocycles. The SMILES string of the molecule is O=Cc1cc(Oc2ccccc2)c(F)cc1N=O. The summed E-state index contributed by atoms with van der Waals surface area (Å²) < 4.78 is 18.9. The normalized spacial score (nSPS) is 9.83. The third-order valence-corrected chi connectivity index (χ3v) is 2.28. The van der Waals surface area contributed by atoms with Crippen molar-refractivity contribution in [1.82, 2.24) is 0 Å². The van der Waals surface area contributed by atoms with Crippen molar-refractivity contribution in [2.75, 3.05) is 0 Å². The Bertz CT molecular complexity index is 584. The average Bonchev–Trinajstić information content (AvgIpc) is 2.41. The van der Waals surface area contributed by atoms with E-state index in [2.05, 4.69) is 5.18 Å². The van der Waals surface area contributed by atoms with E-state index in [0.29, 0.717) is 12.0 Å². The van der Waals surface area contributed by atoms with Crippen LogP contribution >= 0.6 is 0 Å². The minimum Gasteiger partial charge on any atom is -0.454 e. The molecule has 0 saturated heterocycles. The Morgan fingerprint density at radius 3 is 2.50 bits per heavy atom. The van der Waals surface area contributed by atoms with E-state index in [1.807, 2.05) is 0 Å². The summed E-state index contributed by atoms with van der Waals surface area (Å²) in [6, 6.07) is 10.6. The molecule has 5 heteroatoms. The number of aldehydes is 1. The van der Waals surface area contributed by atoms with Crippen molar-refractivity contribution in [1.29, 1.82) is 0 Å². The number of halogens is 1. The third kappa shape index (κ3) is 2.40. The first-order valence-corrected chi connectivity index (χ1v) is 5.09. The highest BCUT2D eigenvalue weighted by Crippen LogP contribution is 2.30. The number of ether oxygens (including phenoxy) is 1. The van der Waals surface area contributed by atoms with Crippen LogP contribution in [0.15, 0.2) is 47.6 Å². The molecule has 2 aromatic carbocycles. The highest BCUT2D eigenvalue weighted by molar-refractivity contribution is 5.83. The van der Waals surface area contributed by atoms with E-state index in [9.17, 15) is 14.1 Å². The van der Waals surface area contributed by atoms with E-state index in [1.54, 1.807) is 30.3 Å². The van der Waals surface area contributed by atoms with E-state index >= 15 is 0 Å². The van der Waals surface area contributed by atoms with Gasteiger partial charge in [0, 0.05) is 11.6 Å². The van der Waals surface area contributed by atoms with E-state index < -0.39 is 5.82 Å². The summed E-state index contributed by atoms with van der Waals surface area (Å²) >= 11 is 0. The molecule has 0 radical (unpaired) electrons. The van der Waals surface area contributed by atoms with E-state index in [1.165, 1.54) is 0 Å². The molecule has 2 aromatic rings. The van der Waals surface area contributed by atoms with Crippen LogP contribution in [0.25, 0.3) is 0 Å². The minimum absolute atomic E-state index is 0.0164. The monoisotopic (exact) mass is 245 g/mol. The van der Waals surface area contributed by atoms with Crippen molar-refractivity contribution < 1.29 is 13.9 Å². The lowest BCUT2D eigenvalue weighted by atomic mass is 10.2. The molecule has 0 atom stereocenters. The Labute approximate surface area is 102 Å². The van der Waals surface area contributed by atoms with E-state index in [0.717, 1.165) is 12.1 Å². The summed E-state index contributed by atoms with van der Waals surface area (Å²) in [6.07, 6.45) is 0.425. The lowest BCUT2D eigenvalue weighted by molar-refractivity contribution is 0.112. The quantitative estimate of drug-likeness (QED) is 0.607. The fourth-order valence-electron chi connectivity index (χ4n) is 1.43. The number of para-hydroxylation sites is 1. The summed E-state index contributed by atoms with van der Waals surface area (Å²) in [5.74, 6) is -0.449. The second kappa shape index (κ2) is 5.18. The number of nitroso groups, excluding NO2 is 1.